The SMILES string of the molecule is CC(C)(C)OC(=O)NCCN1CCC(Nc2nc3ccccc3n2COCCc2cccc(Br)n2)CC1. The molecule has 37 heavy (non-hydrogen) atoms. The van der Waals surface area contributed by atoms with Crippen LogP contribution in [0, 0.1) is 0 Å². The Morgan fingerprint density at radius 3 is 2.65 bits per heavy atom. The Kier molecular flexibility index (Phi) is 9.39. The van der Waals surface area contributed by atoms with Crippen molar-refractivity contribution in [2.24, 2.45) is 0 Å². The minimum Gasteiger partial charge on any atom is -0.444 e. The fraction of sp³-hybridized carbons (Fsp3) is 0.519. The minimum absolute atomic E-state index is 0.330. The van der Waals surface area contributed by atoms with Crippen molar-refractivity contribution in [1.29, 1.82) is 0 Å². The molecule has 0 radical (unpaired) electrons. The Morgan fingerprint density at radius 2 is 1.89 bits per heavy atom. The average molecular weight is 574 g/mol. The number of imidazole rings is 1. The summed E-state index contributed by atoms with van der Waals surface area (Å²) in [4.78, 5) is 23.6. The molecule has 0 unspecified atom stereocenters. The molecule has 0 atom stereocenters. The Labute approximate surface area is 227 Å². The normalized spacial score (nSPS) is 15.1. The largest absolute Gasteiger partial charge is 0.444 e. The fourth-order valence-electron chi connectivity index (χ4n) is 4.35. The van der Waals surface area contributed by atoms with E-state index in [1.54, 1.807) is 0 Å². The second kappa shape index (κ2) is 12.7. The Morgan fingerprint density at radius 1 is 1.11 bits per heavy atom. The predicted octanol–water partition coefficient (Wildman–Crippen LogP) is 4.81. The van der Waals surface area contributed by atoms with Crippen LogP contribution >= 0.6 is 15.9 Å². The summed E-state index contributed by atoms with van der Waals surface area (Å²) in [6.07, 6.45) is 2.39. The maximum Gasteiger partial charge on any atom is 0.407 e. The third-order valence-corrected chi connectivity index (χ3v) is 6.61. The average Bonchev–Trinajstić information content (AvgIpc) is 3.19. The molecule has 1 aliphatic heterocycles. The Bertz CT molecular complexity index is 1170. The van der Waals surface area contributed by atoms with Gasteiger partial charge in [-0.2, -0.15) is 0 Å². The van der Waals surface area contributed by atoms with Crippen LogP contribution in [0.5, 0.6) is 0 Å². The van der Waals surface area contributed by atoms with Crippen molar-refractivity contribution in [3.63, 3.8) is 0 Å². The summed E-state index contributed by atoms with van der Waals surface area (Å²) < 4.78 is 14.3. The van der Waals surface area contributed by atoms with E-state index in [1.165, 1.54) is 0 Å². The van der Waals surface area contributed by atoms with E-state index in [-0.39, 0.29) is 6.09 Å². The number of rotatable bonds is 10. The highest BCUT2D eigenvalue weighted by atomic mass is 79.9. The van der Waals surface area contributed by atoms with Gasteiger partial charge in [0.15, 0.2) is 0 Å². The first-order valence-electron chi connectivity index (χ1n) is 12.9. The summed E-state index contributed by atoms with van der Waals surface area (Å²) in [6.45, 7) is 9.91. The van der Waals surface area contributed by atoms with Crippen LogP contribution in [-0.2, 0) is 22.6 Å². The van der Waals surface area contributed by atoms with Gasteiger partial charge in [-0.3, -0.25) is 4.57 Å². The second-order valence-corrected chi connectivity index (χ2v) is 11.1. The number of alkyl carbamates (subject to hydrolysis) is 1. The number of amides is 1. The topological polar surface area (TPSA) is 93.5 Å². The van der Waals surface area contributed by atoms with Crippen molar-refractivity contribution in [1.82, 2.24) is 24.8 Å². The molecule has 2 N–H and O–H groups in total. The van der Waals surface area contributed by atoms with Crippen molar-refractivity contribution in [2.45, 2.75) is 58.4 Å². The third kappa shape index (κ3) is 8.41. The molecule has 4 rings (SSSR count). The molecule has 200 valence electrons. The molecule has 10 heteroatoms. The number of aromatic nitrogens is 3. The molecule has 0 bridgehead atoms. The summed E-state index contributed by atoms with van der Waals surface area (Å²) in [6, 6.07) is 14.4. The third-order valence-electron chi connectivity index (χ3n) is 6.17. The number of nitrogens with zero attached hydrogens (tertiary/aromatic N) is 4. The maximum absolute atomic E-state index is 11.9. The zero-order chi connectivity index (χ0) is 26.3. The van der Waals surface area contributed by atoms with Gasteiger partial charge in [-0.25, -0.2) is 14.8 Å². The van der Waals surface area contributed by atoms with Crippen LogP contribution in [0.2, 0.25) is 0 Å². The molecule has 1 fully saturated rings. The van der Waals surface area contributed by atoms with Crippen LogP contribution in [0.3, 0.4) is 0 Å². The number of likely N-dealkylation sites (tertiary alicyclic amines) is 1. The second-order valence-electron chi connectivity index (χ2n) is 10.3. The van der Waals surface area contributed by atoms with Crippen molar-refractivity contribution >= 4 is 39.0 Å². The monoisotopic (exact) mass is 572 g/mol. The lowest BCUT2D eigenvalue weighted by Crippen LogP contribution is -2.43. The molecular weight excluding hydrogens is 536 g/mol. The molecule has 1 aromatic carbocycles. The lowest BCUT2D eigenvalue weighted by molar-refractivity contribution is 0.0520. The lowest BCUT2D eigenvalue weighted by atomic mass is 10.1. The quantitative estimate of drug-likeness (QED) is 0.266. The molecule has 1 aliphatic rings. The Hall–Kier alpha value is -2.69. The summed E-state index contributed by atoms with van der Waals surface area (Å²) in [5.74, 6) is 0.840. The highest BCUT2D eigenvalue weighted by Gasteiger charge is 2.22. The summed E-state index contributed by atoms with van der Waals surface area (Å²) in [5.41, 5.74) is 2.52. The number of ether oxygens (including phenoxy) is 2. The number of halogens is 1. The van der Waals surface area contributed by atoms with E-state index in [2.05, 4.69) is 47.1 Å². The number of hydrogen-bond acceptors (Lipinski definition) is 7. The zero-order valence-corrected chi connectivity index (χ0v) is 23.5. The number of carbonyl (C=O) groups is 1. The molecule has 3 aromatic rings. The number of hydrogen-bond donors (Lipinski definition) is 2. The van der Waals surface area contributed by atoms with Crippen molar-refractivity contribution in [2.75, 3.05) is 38.1 Å². The number of piperidine rings is 1. The van der Waals surface area contributed by atoms with E-state index < -0.39 is 5.60 Å². The van der Waals surface area contributed by atoms with Gasteiger partial charge in [-0.1, -0.05) is 18.2 Å². The minimum atomic E-state index is -0.480. The van der Waals surface area contributed by atoms with Crippen LogP contribution in [0.15, 0.2) is 47.1 Å². The highest BCUT2D eigenvalue weighted by molar-refractivity contribution is 9.10. The maximum atomic E-state index is 11.9. The molecule has 1 amide bonds. The zero-order valence-electron chi connectivity index (χ0n) is 21.9. The van der Waals surface area contributed by atoms with E-state index in [4.69, 9.17) is 14.5 Å². The van der Waals surface area contributed by atoms with Crippen LogP contribution in [-0.4, -0.2) is 70.0 Å². The van der Waals surface area contributed by atoms with Gasteiger partial charge in [0, 0.05) is 44.3 Å². The molecule has 3 heterocycles. The molecule has 2 aromatic heterocycles. The molecule has 9 nitrogen and oxygen atoms in total. The van der Waals surface area contributed by atoms with Crippen LogP contribution in [0.25, 0.3) is 11.0 Å². The lowest BCUT2D eigenvalue weighted by Gasteiger charge is -2.32. The van der Waals surface area contributed by atoms with E-state index in [1.807, 2.05) is 57.2 Å². The molecular formula is C27H37BrN6O3. The van der Waals surface area contributed by atoms with Crippen LogP contribution < -0.4 is 10.6 Å². The number of anilines is 1. The van der Waals surface area contributed by atoms with Gasteiger partial charge >= 0.3 is 6.09 Å². The fourth-order valence-corrected chi connectivity index (χ4v) is 4.73. The number of fused-ring (bicyclic) bond motifs is 1. The van der Waals surface area contributed by atoms with Gasteiger partial charge in [0.2, 0.25) is 5.95 Å². The number of nitrogens with one attached hydrogen (secondary N) is 2. The first kappa shape index (κ1) is 27.3. The predicted molar refractivity (Wildman–Crippen MR) is 149 cm³/mol. The summed E-state index contributed by atoms with van der Waals surface area (Å²) in [5, 5.41) is 6.51. The first-order chi connectivity index (χ1) is 17.8. The first-order valence-corrected chi connectivity index (χ1v) is 13.7. The summed E-state index contributed by atoms with van der Waals surface area (Å²) >= 11 is 3.42. The van der Waals surface area contributed by atoms with Crippen LogP contribution in [0.4, 0.5) is 10.7 Å². The molecule has 0 saturated carbocycles. The van der Waals surface area contributed by atoms with Crippen molar-refractivity contribution in [3.8, 4) is 0 Å². The highest BCUT2D eigenvalue weighted by Crippen LogP contribution is 2.22. The number of carbonyl (C=O) groups excluding carboxylic acids is 1. The van der Waals surface area contributed by atoms with E-state index >= 15 is 0 Å². The van der Waals surface area contributed by atoms with E-state index in [0.717, 1.165) is 66.2 Å². The van der Waals surface area contributed by atoms with E-state index in [9.17, 15) is 4.79 Å². The van der Waals surface area contributed by atoms with Crippen LogP contribution in [0.1, 0.15) is 39.3 Å². The van der Waals surface area contributed by atoms with Crippen molar-refractivity contribution < 1.29 is 14.3 Å². The number of benzene rings is 1. The van der Waals surface area contributed by atoms with Gasteiger partial charge in [-0.05, 0) is 73.8 Å². The molecule has 0 spiro atoms. The van der Waals surface area contributed by atoms with Gasteiger partial charge in [0.1, 0.15) is 16.9 Å². The number of para-hydroxylation sites is 2. The van der Waals surface area contributed by atoms with Crippen molar-refractivity contribution in [3.05, 3.63) is 52.8 Å². The van der Waals surface area contributed by atoms with Gasteiger partial charge in [-0.15, -0.1) is 0 Å². The van der Waals surface area contributed by atoms with Gasteiger partial charge < -0.3 is 25.0 Å². The van der Waals surface area contributed by atoms with E-state index in [0.29, 0.717) is 25.9 Å². The van der Waals surface area contributed by atoms with Gasteiger partial charge in [0.05, 0.1) is 17.6 Å². The number of pyridine rings is 1. The standard InChI is InChI=1S/C27H37BrN6O3/c1-27(2,3)37-26(35)29-14-17-33-15-11-21(12-16-33)31-25-32-22-8-4-5-9-23(22)34(25)19-36-18-13-20-7-6-10-24(28)30-20/h4-10,21H,11-19H2,1-3H3,(H,29,35)(H,31,32). The molecule has 0 aliphatic carbocycles. The smallest absolute Gasteiger partial charge is 0.407 e. The Balaban J connectivity index is 1.26. The van der Waals surface area contributed by atoms with Gasteiger partial charge in [0.25, 0.3) is 0 Å². The molecule has 1 saturated heterocycles. The summed E-state index contributed by atoms with van der Waals surface area (Å²) in [7, 11) is 0.